The molecule has 0 saturated heterocycles. The number of benzene rings is 2. The van der Waals surface area contributed by atoms with Gasteiger partial charge in [-0.3, -0.25) is 9.10 Å². The molecule has 2 rings (SSSR count). The minimum atomic E-state index is -4.06. The lowest BCUT2D eigenvalue weighted by atomic mass is 10.2. The van der Waals surface area contributed by atoms with Crippen molar-refractivity contribution in [3.63, 3.8) is 0 Å². The summed E-state index contributed by atoms with van der Waals surface area (Å²) in [5.41, 5.74) is 12.8. The molecule has 0 aliphatic rings. The van der Waals surface area contributed by atoms with Crippen LogP contribution in [-0.4, -0.2) is 27.5 Å². The predicted octanol–water partition coefficient (Wildman–Crippen LogP) is 2.02. The van der Waals surface area contributed by atoms with E-state index in [0.717, 1.165) is 9.87 Å². The van der Waals surface area contributed by atoms with Crippen LogP contribution in [0.3, 0.4) is 0 Å². The van der Waals surface area contributed by atoms with E-state index in [9.17, 15) is 13.2 Å². The van der Waals surface area contributed by atoms with Crippen LogP contribution in [0.5, 0.6) is 0 Å². The van der Waals surface area contributed by atoms with Gasteiger partial charge in [0.15, 0.2) is 0 Å². The van der Waals surface area contributed by atoms with Gasteiger partial charge in [-0.2, -0.15) is 0 Å². The summed E-state index contributed by atoms with van der Waals surface area (Å²) in [5.74, 6) is -0.678. The fourth-order valence-electron chi connectivity index (χ4n) is 2.53. The highest BCUT2D eigenvalue weighted by Crippen LogP contribution is 2.31. The number of sulfonamides is 1. The van der Waals surface area contributed by atoms with E-state index < -0.39 is 22.5 Å². The van der Waals surface area contributed by atoms with E-state index in [4.69, 9.17) is 27.8 Å². The van der Waals surface area contributed by atoms with Gasteiger partial charge in [-0.15, -0.1) is 0 Å². The number of halogens is 1. The molecule has 2 aromatic carbocycles. The van der Waals surface area contributed by atoms with Gasteiger partial charge < -0.3 is 16.2 Å². The topological polar surface area (TPSA) is 116 Å². The largest absolute Gasteiger partial charge is 0.465 e. The predicted molar refractivity (Wildman–Crippen MR) is 105 cm³/mol. The van der Waals surface area contributed by atoms with E-state index >= 15 is 0 Å². The first-order chi connectivity index (χ1) is 12.8. The van der Waals surface area contributed by atoms with E-state index in [-0.39, 0.29) is 23.7 Å². The van der Waals surface area contributed by atoms with Gasteiger partial charge in [0.2, 0.25) is 0 Å². The number of carbonyl (C=O) groups is 1. The fourth-order valence-corrected chi connectivity index (χ4v) is 4.22. The van der Waals surface area contributed by atoms with Gasteiger partial charge in [0.25, 0.3) is 10.0 Å². The van der Waals surface area contributed by atoms with Crippen LogP contribution in [0.2, 0.25) is 5.02 Å². The Bertz CT molecular complexity index is 901. The van der Waals surface area contributed by atoms with E-state index in [1.165, 1.54) is 12.1 Å². The Kier molecular flexibility index (Phi) is 7.20. The maximum Gasteiger partial charge on any atom is 0.326 e. The van der Waals surface area contributed by atoms with E-state index in [1.807, 2.05) is 0 Å². The second-order valence-electron chi connectivity index (χ2n) is 5.61. The van der Waals surface area contributed by atoms with E-state index in [2.05, 4.69) is 0 Å². The number of ether oxygens (including phenoxy) is 1. The molecule has 7 nitrogen and oxygen atoms in total. The van der Waals surface area contributed by atoms with Crippen LogP contribution in [0.25, 0.3) is 0 Å². The molecule has 0 bridgehead atoms. The molecule has 2 aromatic rings. The standard InChI is InChI=1S/C18H22ClN3O4S/c1-2-26-18(23)12-22(17-5-3-4-16(19)15(17)11-21)27(24,25)14-8-6-13(10-20)7-9-14/h3-9H,2,10-12,20-21H2,1H3. The number of rotatable bonds is 8. The fraction of sp³-hybridized carbons (Fsp3) is 0.278. The maximum atomic E-state index is 13.3. The number of nitrogens with two attached hydrogens (primary N) is 2. The number of hydrogen-bond acceptors (Lipinski definition) is 6. The molecule has 146 valence electrons. The van der Waals surface area contributed by atoms with E-state index in [0.29, 0.717) is 17.1 Å². The molecular formula is C18H22ClN3O4S. The van der Waals surface area contributed by atoms with Crippen LogP contribution < -0.4 is 15.8 Å². The zero-order valence-corrected chi connectivity index (χ0v) is 16.5. The number of esters is 1. The van der Waals surface area contributed by atoms with Crippen LogP contribution in [0.4, 0.5) is 5.69 Å². The zero-order valence-electron chi connectivity index (χ0n) is 14.9. The highest BCUT2D eigenvalue weighted by molar-refractivity contribution is 7.92. The first-order valence-electron chi connectivity index (χ1n) is 8.30. The number of nitrogens with zero attached hydrogens (tertiary/aromatic N) is 1. The molecule has 0 amide bonds. The average molecular weight is 412 g/mol. The van der Waals surface area contributed by atoms with Crippen molar-refractivity contribution in [2.24, 2.45) is 11.5 Å². The van der Waals surface area contributed by atoms with E-state index in [1.54, 1.807) is 37.3 Å². The van der Waals surface area contributed by atoms with Crippen LogP contribution in [0.15, 0.2) is 47.4 Å². The van der Waals surface area contributed by atoms with Crippen molar-refractivity contribution >= 4 is 33.3 Å². The highest BCUT2D eigenvalue weighted by atomic mass is 35.5. The Labute approximate surface area is 163 Å². The van der Waals surface area contributed by atoms with Crippen LogP contribution >= 0.6 is 11.6 Å². The molecule has 27 heavy (non-hydrogen) atoms. The zero-order chi connectivity index (χ0) is 20.0. The number of anilines is 1. The normalized spacial score (nSPS) is 11.3. The minimum Gasteiger partial charge on any atom is -0.465 e. The molecule has 0 fully saturated rings. The number of hydrogen-bond donors (Lipinski definition) is 2. The molecule has 0 saturated carbocycles. The molecule has 0 aliphatic carbocycles. The highest BCUT2D eigenvalue weighted by Gasteiger charge is 2.29. The van der Waals surface area contributed by atoms with Gasteiger partial charge in [-0.05, 0) is 36.8 Å². The summed E-state index contributed by atoms with van der Waals surface area (Å²) in [6, 6.07) is 10.9. The summed E-state index contributed by atoms with van der Waals surface area (Å²) in [6.07, 6.45) is 0. The van der Waals surface area contributed by atoms with Crippen LogP contribution in [-0.2, 0) is 32.6 Å². The quantitative estimate of drug-likeness (QED) is 0.642. The van der Waals surface area contributed by atoms with Gasteiger partial charge >= 0.3 is 5.97 Å². The van der Waals surface area contributed by atoms with Gasteiger partial charge in [-0.1, -0.05) is 29.8 Å². The molecular weight excluding hydrogens is 390 g/mol. The van der Waals surface area contributed by atoms with Crippen molar-refractivity contribution in [3.8, 4) is 0 Å². The molecule has 0 aliphatic heterocycles. The van der Waals surface area contributed by atoms with Crippen molar-refractivity contribution in [1.29, 1.82) is 0 Å². The molecule has 4 N–H and O–H groups in total. The summed E-state index contributed by atoms with van der Waals surface area (Å²) in [4.78, 5) is 12.1. The SMILES string of the molecule is CCOC(=O)CN(c1cccc(Cl)c1CN)S(=O)(=O)c1ccc(CN)cc1. The minimum absolute atomic E-state index is 0.00988. The summed E-state index contributed by atoms with van der Waals surface area (Å²) >= 11 is 6.18. The second-order valence-corrected chi connectivity index (χ2v) is 7.88. The third-order valence-electron chi connectivity index (χ3n) is 3.89. The molecule has 0 radical (unpaired) electrons. The van der Waals surface area contributed by atoms with Crippen LogP contribution in [0, 0.1) is 0 Å². The second kappa shape index (κ2) is 9.18. The van der Waals surface area contributed by atoms with Gasteiger partial charge in [0.05, 0.1) is 17.2 Å². The molecule has 0 heterocycles. The first kappa shape index (κ1) is 21.2. The molecule has 0 aromatic heterocycles. The summed E-state index contributed by atoms with van der Waals surface area (Å²) < 4.78 is 32.4. The summed E-state index contributed by atoms with van der Waals surface area (Å²) in [6.45, 7) is 1.58. The third kappa shape index (κ3) is 4.78. The Morgan fingerprint density at radius 1 is 1.11 bits per heavy atom. The maximum absolute atomic E-state index is 13.3. The molecule has 0 unspecified atom stereocenters. The Hall–Kier alpha value is -2.13. The Morgan fingerprint density at radius 3 is 2.33 bits per heavy atom. The Morgan fingerprint density at radius 2 is 1.78 bits per heavy atom. The lowest BCUT2D eigenvalue weighted by Gasteiger charge is -2.26. The monoisotopic (exact) mass is 411 g/mol. The van der Waals surface area contributed by atoms with Gasteiger partial charge in [0, 0.05) is 23.7 Å². The lowest BCUT2D eigenvalue weighted by Crippen LogP contribution is -2.37. The summed E-state index contributed by atoms with van der Waals surface area (Å²) in [7, 11) is -4.06. The van der Waals surface area contributed by atoms with Crippen molar-refractivity contribution in [3.05, 3.63) is 58.6 Å². The molecule has 0 spiro atoms. The van der Waals surface area contributed by atoms with Crippen molar-refractivity contribution in [2.45, 2.75) is 24.9 Å². The molecule has 0 atom stereocenters. The average Bonchev–Trinajstić information content (AvgIpc) is 2.66. The Balaban J connectivity index is 2.58. The summed E-state index contributed by atoms with van der Waals surface area (Å²) in [5, 5.41) is 0.317. The van der Waals surface area contributed by atoms with Crippen molar-refractivity contribution in [2.75, 3.05) is 17.5 Å². The van der Waals surface area contributed by atoms with Crippen molar-refractivity contribution < 1.29 is 17.9 Å². The lowest BCUT2D eigenvalue weighted by molar-refractivity contribution is -0.141. The van der Waals surface area contributed by atoms with Crippen molar-refractivity contribution in [1.82, 2.24) is 0 Å². The van der Waals surface area contributed by atoms with Gasteiger partial charge in [-0.25, -0.2) is 8.42 Å². The smallest absolute Gasteiger partial charge is 0.326 e. The van der Waals surface area contributed by atoms with Crippen LogP contribution in [0.1, 0.15) is 18.1 Å². The van der Waals surface area contributed by atoms with Gasteiger partial charge in [0.1, 0.15) is 6.54 Å². The third-order valence-corrected chi connectivity index (χ3v) is 6.02. The molecule has 9 heteroatoms. The first-order valence-corrected chi connectivity index (χ1v) is 10.1. The number of carbonyl (C=O) groups excluding carboxylic acids is 1.